The van der Waals surface area contributed by atoms with Gasteiger partial charge in [-0.3, -0.25) is 0 Å². The normalized spacial score (nSPS) is 15.5. The second-order valence-electron chi connectivity index (χ2n) is 20.8. The third kappa shape index (κ3) is 34.8. The van der Waals surface area contributed by atoms with E-state index in [0.717, 1.165) is 32.3 Å². The molecule has 86 heavy (non-hydrogen) atoms. The first-order valence-electron chi connectivity index (χ1n) is 29.3. The van der Waals surface area contributed by atoms with Gasteiger partial charge in [-0.25, -0.2) is 26.0 Å². The summed E-state index contributed by atoms with van der Waals surface area (Å²) in [6, 6.07) is 30.9. The van der Waals surface area contributed by atoms with Gasteiger partial charge in [-0.05, 0) is 194 Å². The van der Waals surface area contributed by atoms with Gasteiger partial charge in [-0.15, -0.1) is 23.7 Å². The molecule has 14 nitrogen and oxygen atoms in total. The minimum absolute atomic E-state index is 0.0315. The van der Waals surface area contributed by atoms with E-state index in [9.17, 15) is 46.4 Å². The maximum Gasteiger partial charge on any atom is 0.180 e. The summed E-state index contributed by atoms with van der Waals surface area (Å²) in [6.45, 7) is 9.37. The summed E-state index contributed by atoms with van der Waals surface area (Å²) in [4.78, 5) is 0.287. The molecule has 0 saturated carbocycles. The lowest BCUT2D eigenvalue weighted by atomic mass is 10.0. The molecule has 0 amide bonds. The predicted molar refractivity (Wildman–Crippen MR) is 323 cm³/mol. The highest BCUT2D eigenvalue weighted by Crippen LogP contribution is 2.22. The maximum atomic E-state index is 12.8. The number of aliphatic hydroxyl groups is 6. The third-order valence-electron chi connectivity index (χ3n) is 12.9. The highest BCUT2D eigenvalue weighted by molar-refractivity contribution is 7.92. The van der Waals surface area contributed by atoms with Crippen LogP contribution in [0.1, 0.15) is 111 Å². The Hall–Kier alpha value is -6.23. The van der Waals surface area contributed by atoms with E-state index < -0.39 is 45.6 Å². The lowest BCUT2D eigenvalue weighted by molar-refractivity contribution is -0.161. The molecule has 6 N–H and O–H groups in total. The fourth-order valence-corrected chi connectivity index (χ4v) is 9.19. The number of hydrogen-bond acceptors (Lipinski definition) is 14. The number of benzene rings is 5. The summed E-state index contributed by atoms with van der Waals surface area (Å²) in [5.74, 6) is 13.4. The number of aliphatic hydroxyl groups excluding tert-OH is 6. The second kappa shape index (κ2) is 43.4. The van der Waals surface area contributed by atoms with Crippen molar-refractivity contribution in [2.45, 2.75) is 158 Å². The Morgan fingerprint density at radius 1 is 0.500 bits per heavy atom. The van der Waals surface area contributed by atoms with Gasteiger partial charge in [0, 0.05) is 31.3 Å². The van der Waals surface area contributed by atoms with Crippen LogP contribution in [0, 0.1) is 58.8 Å². The van der Waals surface area contributed by atoms with Crippen LogP contribution in [0.2, 0.25) is 0 Å². The molecule has 0 bridgehead atoms. The van der Waals surface area contributed by atoms with Crippen LogP contribution in [-0.4, -0.2) is 127 Å². The molecule has 0 spiro atoms. The smallest absolute Gasteiger partial charge is 0.180 e. The van der Waals surface area contributed by atoms with Crippen LogP contribution in [0.25, 0.3) is 0 Å². The minimum Gasteiger partial charge on any atom is -0.491 e. The molecule has 1 fully saturated rings. The van der Waals surface area contributed by atoms with Gasteiger partial charge in [-0.2, -0.15) is 0 Å². The van der Waals surface area contributed by atoms with E-state index in [1.165, 1.54) is 91.3 Å². The highest BCUT2D eigenvalue weighted by Gasteiger charge is 2.24. The van der Waals surface area contributed by atoms with Crippen molar-refractivity contribution < 1.29 is 85.0 Å². The standard InChI is InChI=1S/C21H29FO4.C18H21FO4S.C16H21FO3.C12H17FO3/c1-17(6-2-4-14-24-21-7-3-5-15-25-21)8-11-19(23)16-26-20-12-9-18(22)10-13-20;1-14(24(21,22)18-5-3-2-4-6-18)7-10-16(20)13-23-17-11-8-15(19)9-12-17;1-13(4-2-3-11-18)5-8-15(19)12-20-16-9-6-14(17)7-10-16;1-9(14)2-5-11(15)8-16-12-6-3-10(13)4-7-12/h9-10,12-13,17,19,21,23H,3-5,7-8,11,14-16H2,1H3;2-6,8-9,11-12,14,16,20H,7,10,13H2,1H3;6-7,9-10,13,15,18-19H,3,5,8,11-12H2,1H3;3-4,6-7,9,11,14-15H,2,5,8H2,1H3/t17?,19-,21?;14?,16-;13?,15-;9?,11-/m0000/s1. The van der Waals surface area contributed by atoms with E-state index >= 15 is 0 Å². The fourth-order valence-electron chi connectivity index (χ4n) is 7.75. The zero-order chi connectivity index (χ0) is 63.0. The van der Waals surface area contributed by atoms with Crippen LogP contribution < -0.4 is 18.9 Å². The molecule has 6 rings (SSSR count). The molecule has 9 atom stereocenters. The molecule has 1 aliphatic rings. The van der Waals surface area contributed by atoms with Gasteiger partial charge in [0.1, 0.15) is 72.7 Å². The molecule has 0 aromatic heterocycles. The molecule has 5 aromatic carbocycles. The van der Waals surface area contributed by atoms with Crippen molar-refractivity contribution in [3.05, 3.63) is 151 Å². The van der Waals surface area contributed by atoms with Gasteiger partial charge in [0.2, 0.25) is 0 Å². The average molecular weight is 1230 g/mol. The molecule has 5 unspecified atom stereocenters. The van der Waals surface area contributed by atoms with Crippen molar-refractivity contribution >= 4 is 9.84 Å². The monoisotopic (exact) mass is 1220 g/mol. The van der Waals surface area contributed by atoms with Crippen LogP contribution in [0.5, 0.6) is 23.0 Å². The average Bonchev–Trinajstić information content (AvgIpc) is 3.64. The van der Waals surface area contributed by atoms with Crippen LogP contribution in [0.4, 0.5) is 17.6 Å². The van der Waals surface area contributed by atoms with Crippen molar-refractivity contribution in [3.63, 3.8) is 0 Å². The number of sulfone groups is 1. The first-order chi connectivity index (χ1) is 41.2. The largest absolute Gasteiger partial charge is 0.491 e. The lowest BCUT2D eigenvalue weighted by Crippen LogP contribution is -2.23. The van der Waals surface area contributed by atoms with E-state index in [-0.39, 0.29) is 79.3 Å². The van der Waals surface area contributed by atoms with Gasteiger partial charge in [0.25, 0.3) is 0 Å². The third-order valence-corrected chi connectivity index (χ3v) is 15.1. The fraction of sp³-hybridized carbons (Fsp3) is 0.493. The molecule has 0 aliphatic carbocycles. The summed E-state index contributed by atoms with van der Waals surface area (Å²) in [7, 11) is -3.40. The first kappa shape index (κ1) is 74.0. The Balaban J connectivity index is 0.000000305. The minimum atomic E-state index is -3.40. The van der Waals surface area contributed by atoms with Gasteiger partial charge in [0.05, 0.1) is 53.9 Å². The number of hydrogen-bond donors (Lipinski definition) is 6. The Labute approximate surface area is 506 Å². The van der Waals surface area contributed by atoms with E-state index in [1.54, 1.807) is 56.3 Å². The van der Waals surface area contributed by atoms with Gasteiger partial charge in [0.15, 0.2) is 16.1 Å². The molecule has 19 heteroatoms. The van der Waals surface area contributed by atoms with E-state index in [1.807, 2.05) is 13.8 Å². The molecule has 0 radical (unpaired) electrons. The molecule has 474 valence electrons. The van der Waals surface area contributed by atoms with E-state index in [2.05, 4.69) is 23.7 Å². The summed E-state index contributed by atoms with van der Waals surface area (Å²) in [5, 5.41) is 56.3. The van der Waals surface area contributed by atoms with Crippen molar-refractivity contribution in [2.24, 2.45) is 11.8 Å². The topological polar surface area (TPSA) is 211 Å². The highest BCUT2D eigenvalue weighted by atomic mass is 32.2. The molecular weight excluding hydrogens is 1140 g/mol. The number of ether oxygens (including phenoxy) is 6. The number of rotatable bonds is 30. The summed E-state index contributed by atoms with van der Waals surface area (Å²) in [6.07, 6.45) is 5.87. The SMILES string of the molecule is CC(C#CCCO)CC[C@H](O)COc1ccc(F)cc1.CC(C#CCCOC1CCCCO1)CC[C@H](O)COc1ccc(F)cc1.CC(CC[C@H](O)COc1ccc(F)cc1)S(=O)(=O)c1ccccc1.CC(O)CC[C@H](O)COc1ccc(F)cc1. The zero-order valence-corrected chi connectivity index (χ0v) is 50.6. The Morgan fingerprint density at radius 2 is 0.872 bits per heavy atom. The summed E-state index contributed by atoms with van der Waals surface area (Å²) in [5.41, 5.74) is 0. The van der Waals surface area contributed by atoms with Gasteiger partial charge >= 0.3 is 0 Å². The van der Waals surface area contributed by atoms with Gasteiger partial charge < -0.3 is 59.1 Å². The van der Waals surface area contributed by atoms with E-state index in [4.69, 9.17) is 38.6 Å². The Kier molecular flexibility index (Phi) is 37.4. The van der Waals surface area contributed by atoms with Crippen LogP contribution >= 0.6 is 0 Å². The number of halogens is 4. The summed E-state index contributed by atoms with van der Waals surface area (Å²) < 4.78 is 108. The predicted octanol–water partition coefficient (Wildman–Crippen LogP) is 11.2. The molecule has 1 saturated heterocycles. The molecule has 5 aromatic rings. The lowest BCUT2D eigenvalue weighted by Gasteiger charge is -2.22. The molecule has 1 heterocycles. The zero-order valence-electron chi connectivity index (χ0n) is 49.8. The van der Waals surface area contributed by atoms with Crippen molar-refractivity contribution in [3.8, 4) is 46.7 Å². The maximum absolute atomic E-state index is 12.8. The van der Waals surface area contributed by atoms with Crippen LogP contribution in [0.3, 0.4) is 0 Å². The van der Waals surface area contributed by atoms with Crippen molar-refractivity contribution in [1.29, 1.82) is 0 Å². The Morgan fingerprint density at radius 3 is 1.23 bits per heavy atom. The molecule has 1 aliphatic heterocycles. The van der Waals surface area contributed by atoms with E-state index in [0.29, 0.717) is 81.0 Å². The quantitative estimate of drug-likeness (QED) is 0.0144. The van der Waals surface area contributed by atoms with Gasteiger partial charge in [-0.1, -0.05) is 32.0 Å². The van der Waals surface area contributed by atoms with Crippen LogP contribution in [-0.2, 0) is 19.3 Å². The first-order valence-corrected chi connectivity index (χ1v) is 30.8. The van der Waals surface area contributed by atoms with Crippen molar-refractivity contribution in [2.75, 3.05) is 46.2 Å². The van der Waals surface area contributed by atoms with Crippen LogP contribution in [0.15, 0.2) is 132 Å². The second-order valence-corrected chi connectivity index (χ2v) is 23.2. The summed E-state index contributed by atoms with van der Waals surface area (Å²) >= 11 is 0. The van der Waals surface area contributed by atoms with Crippen molar-refractivity contribution in [1.82, 2.24) is 0 Å². The molecular formula is C67H88F4O14S. The Bertz CT molecular complexity index is 2770.